The maximum atomic E-state index is 12.6. The van der Waals surface area contributed by atoms with Gasteiger partial charge in [0.1, 0.15) is 11.5 Å². The van der Waals surface area contributed by atoms with E-state index < -0.39 is 12.7 Å². The molecule has 0 fully saturated rings. The van der Waals surface area contributed by atoms with Crippen LogP contribution < -0.4 is 10.6 Å². The molecular weight excluding hydrogens is 341 g/mol. The number of hydrogen-bond acceptors (Lipinski definition) is 2. The van der Waals surface area contributed by atoms with Crippen molar-refractivity contribution in [1.82, 2.24) is 0 Å². The van der Waals surface area contributed by atoms with E-state index in [2.05, 4.69) is 15.9 Å². The lowest BCUT2D eigenvalue weighted by Crippen LogP contribution is -2.39. The van der Waals surface area contributed by atoms with Crippen LogP contribution in [0.3, 0.4) is 0 Å². The van der Waals surface area contributed by atoms with Gasteiger partial charge in [-0.05, 0) is 48.0 Å². The van der Waals surface area contributed by atoms with Gasteiger partial charge in [0.25, 0.3) is 0 Å². The second-order valence-corrected chi connectivity index (χ2v) is 5.66. The molecule has 0 saturated heterocycles. The Bertz CT molecular complexity index is 475. The molecule has 0 aliphatic rings. The first kappa shape index (κ1) is 16.2. The summed E-state index contributed by atoms with van der Waals surface area (Å²) in [5.41, 5.74) is 6.59. The normalized spacial score (nSPS) is 11.7. The summed E-state index contributed by atoms with van der Waals surface area (Å²) in [6.07, 6.45) is -4.25. The van der Waals surface area contributed by atoms with Gasteiger partial charge in [0.05, 0.1) is 0 Å². The van der Waals surface area contributed by atoms with Gasteiger partial charge in [-0.15, -0.1) is 0 Å². The van der Waals surface area contributed by atoms with Gasteiger partial charge in [-0.3, -0.25) is 0 Å². The van der Waals surface area contributed by atoms with Crippen molar-refractivity contribution in [3.8, 4) is 0 Å². The first-order valence-electron chi connectivity index (χ1n) is 5.54. The van der Waals surface area contributed by atoms with Crippen molar-refractivity contribution in [1.29, 1.82) is 0 Å². The van der Waals surface area contributed by atoms with E-state index in [0.717, 1.165) is 0 Å². The van der Waals surface area contributed by atoms with Gasteiger partial charge in [-0.1, -0.05) is 12.2 Å². The number of benzene rings is 1. The number of anilines is 1. The monoisotopic (exact) mass is 354 g/mol. The predicted molar refractivity (Wildman–Crippen MR) is 78.6 cm³/mol. The van der Waals surface area contributed by atoms with Crippen LogP contribution >= 0.6 is 28.1 Å². The highest BCUT2D eigenvalue weighted by Gasteiger charge is 2.32. The molecule has 0 bridgehead atoms. The Morgan fingerprint density at radius 2 is 2.00 bits per heavy atom. The van der Waals surface area contributed by atoms with Crippen LogP contribution in [-0.2, 0) is 0 Å². The van der Waals surface area contributed by atoms with Gasteiger partial charge in [0, 0.05) is 21.8 Å². The topological polar surface area (TPSA) is 29.3 Å². The van der Waals surface area contributed by atoms with Gasteiger partial charge < -0.3 is 10.6 Å². The van der Waals surface area contributed by atoms with Gasteiger partial charge in [-0.2, -0.15) is 13.2 Å². The van der Waals surface area contributed by atoms with Crippen LogP contribution in [0.15, 0.2) is 22.7 Å². The SMILES string of the molecule is CC(C)N(CC(F)(F)F)c1ccc(C(N)=S)c(Br)c1. The molecule has 1 rings (SSSR count). The van der Waals surface area contributed by atoms with E-state index in [4.69, 9.17) is 18.0 Å². The summed E-state index contributed by atoms with van der Waals surface area (Å²) in [5.74, 6) is 0. The average molecular weight is 355 g/mol. The highest BCUT2D eigenvalue weighted by molar-refractivity contribution is 9.10. The highest BCUT2D eigenvalue weighted by Crippen LogP contribution is 2.28. The summed E-state index contributed by atoms with van der Waals surface area (Å²) < 4.78 is 38.3. The molecule has 0 heterocycles. The number of alkyl halides is 3. The Kier molecular flexibility index (Phi) is 5.20. The zero-order valence-corrected chi connectivity index (χ0v) is 12.9. The molecule has 0 unspecified atom stereocenters. The molecule has 0 amide bonds. The van der Waals surface area contributed by atoms with E-state index in [1.807, 2.05) is 0 Å². The molecule has 0 aromatic heterocycles. The third-order valence-corrected chi connectivity index (χ3v) is 3.40. The standard InChI is InChI=1S/C12H14BrF3N2S/c1-7(2)18(6-12(14,15)16)8-3-4-9(11(17)19)10(13)5-8/h3-5,7H,6H2,1-2H3,(H2,17,19). The van der Waals surface area contributed by atoms with Crippen LogP contribution in [0.1, 0.15) is 19.4 Å². The summed E-state index contributed by atoms with van der Waals surface area (Å²) >= 11 is 8.12. The lowest BCUT2D eigenvalue weighted by atomic mass is 10.1. The fourth-order valence-corrected chi connectivity index (χ4v) is 2.54. The molecule has 0 aliphatic heterocycles. The second kappa shape index (κ2) is 6.09. The maximum Gasteiger partial charge on any atom is 0.405 e. The fourth-order valence-electron chi connectivity index (χ4n) is 1.65. The first-order valence-corrected chi connectivity index (χ1v) is 6.74. The van der Waals surface area contributed by atoms with Crippen molar-refractivity contribution in [2.24, 2.45) is 5.73 Å². The minimum Gasteiger partial charge on any atom is -0.389 e. The Labute approximate surface area is 123 Å². The summed E-state index contributed by atoms with van der Waals surface area (Å²) in [5, 5.41) is 0. The van der Waals surface area contributed by atoms with Crippen molar-refractivity contribution in [3.05, 3.63) is 28.2 Å². The molecule has 2 N–H and O–H groups in total. The van der Waals surface area contributed by atoms with Crippen molar-refractivity contribution >= 4 is 38.8 Å². The summed E-state index contributed by atoms with van der Waals surface area (Å²) in [7, 11) is 0. The van der Waals surface area contributed by atoms with Crippen molar-refractivity contribution in [3.63, 3.8) is 0 Å². The Balaban J connectivity index is 3.11. The van der Waals surface area contributed by atoms with Crippen LogP contribution in [0.4, 0.5) is 18.9 Å². The van der Waals surface area contributed by atoms with Crippen LogP contribution in [0.2, 0.25) is 0 Å². The Morgan fingerprint density at radius 1 is 1.42 bits per heavy atom. The third-order valence-electron chi connectivity index (χ3n) is 2.52. The van der Waals surface area contributed by atoms with E-state index in [1.54, 1.807) is 32.0 Å². The molecule has 0 atom stereocenters. The van der Waals surface area contributed by atoms with E-state index in [0.29, 0.717) is 15.7 Å². The van der Waals surface area contributed by atoms with E-state index in [-0.39, 0.29) is 11.0 Å². The highest BCUT2D eigenvalue weighted by atomic mass is 79.9. The second-order valence-electron chi connectivity index (χ2n) is 4.37. The fraction of sp³-hybridized carbons (Fsp3) is 0.417. The minimum absolute atomic E-state index is 0.199. The number of nitrogens with zero attached hydrogens (tertiary/aromatic N) is 1. The Morgan fingerprint density at radius 3 is 2.37 bits per heavy atom. The molecule has 1 aromatic carbocycles. The number of hydrogen-bond donors (Lipinski definition) is 1. The number of nitrogens with two attached hydrogens (primary N) is 1. The third kappa shape index (κ3) is 4.65. The molecule has 0 saturated carbocycles. The van der Waals surface area contributed by atoms with Gasteiger partial charge >= 0.3 is 6.18 Å². The van der Waals surface area contributed by atoms with Crippen molar-refractivity contribution in [2.75, 3.05) is 11.4 Å². The molecule has 106 valence electrons. The number of rotatable bonds is 4. The molecular formula is C12H14BrF3N2S. The summed E-state index contributed by atoms with van der Waals surface area (Å²) in [4.78, 5) is 1.47. The zero-order chi connectivity index (χ0) is 14.8. The van der Waals surface area contributed by atoms with Crippen molar-refractivity contribution in [2.45, 2.75) is 26.1 Å². The molecule has 0 radical (unpaired) electrons. The molecule has 19 heavy (non-hydrogen) atoms. The zero-order valence-electron chi connectivity index (χ0n) is 10.5. The van der Waals surface area contributed by atoms with Crippen LogP contribution in [-0.4, -0.2) is 23.8 Å². The lowest BCUT2D eigenvalue weighted by molar-refractivity contribution is -0.120. The number of thiocarbonyl (C=S) groups is 1. The van der Waals surface area contributed by atoms with Gasteiger partial charge in [0.2, 0.25) is 0 Å². The predicted octanol–water partition coefficient (Wildman–Crippen LogP) is 3.86. The van der Waals surface area contributed by atoms with Crippen LogP contribution in [0.25, 0.3) is 0 Å². The summed E-state index contributed by atoms with van der Waals surface area (Å²) in [6, 6.07) is 4.53. The molecule has 0 spiro atoms. The Hall–Kier alpha value is -0.820. The van der Waals surface area contributed by atoms with E-state index in [9.17, 15) is 13.2 Å². The molecule has 0 aliphatic carbocycles. The minimum atomic E-state index is -4.25. The smallest absolute Gasteiger partial charge is 0.389 e. The quantitative estimate of drug-likeness (QED) is 0.832. The largest absolute Gasteiger partial charge is 0.405 e. The van der Waals surface area contributed by atoms with Gasteiger partial charge in [0.15, 0.2) is 0 Å². The molecule has 7 heteroatoms. The average Bonchev–Trinajstić information content (AvgIpc) is 2.23. The van der Waals surface area contributed by atoms with E-state index in [1.165, 1.54) is 4.90 Å². The van der Waals surface area contributed by atoms with Crippen LogP contribution in [0.5, 0.6) is 0 Å². The first-order chi connectivity index (χ1) is 8.61. The molecule has 1 aromatic rings. The van der Waals surface area contributed by atoms with Crippen molar-refractivity contribution < 1.29 is 13.2 Å². The van der Waals surface area contributed by atoms with Crippen LogP contribution in [0, 0.1) is 0 Å². The van der Waals surface area contributed by atoms with Gasteiger partial charge in [-0.25, -0.2) is 0 Å². The molecule has 2 nitrogen and oxygen atoms in total. The summed E-state index contributed by atoms with van der Waals surface area (Å²) in [6.45, 7) is 2.42. The lowest BCUT2D eigenvalue weighted by Gasteiger charge is -2.30. The maximum absolute atomic E-state index is 12.6. The van der Waals surface area contributed by atoms with E-state index >= 15 is 0 Å². The number of halogens is 4.